The third kappa shape index (κ3) is 3.20. The smallest absolute Gasteiger partial charge is 0.133 e. The van der Waals surface area contributed by atoms with Gasteiger partial charge in [0.15, 0.2) is 0 Å². The molecule has 1 saturated carbocycles. The summed E-state index contributed by atoms with van der Waals surface area (Å²) in [5.74, 6) is 3.06. The third-order valence-electron chi connectivity index (χ3n) is 2.74. The number of carbonyl (C=O) groups is 1. The van der Waals surface area contributed by atoms with Gasteiger partial charge in [-0.2, -0.15) is 0 Å². The topological polar surface area (TPSA) is 20.3 Å². The Hall–Kier alpha value is -0.810. The molecule has 1 aliphatic rings. The lowest BCUT2D eigenvalue weighted by Gasteiger charge is -2.30. The van der Waals surface area contributed by atoms with Crippen molar-refractivity contribution in [1.29, 1.82) is 0 Å². The van der Waals surface area contributed by atoms with Gasteiger partial charge in [-0.05, 0) is 19.9 Å². The number of terminal acetylenes is 1. The number of nitrogens with zero attached hydrogens (tertiary/aromatic N) is 1. The van der Waals surface area contributed by atoms with Gasteiger partial charge in [-0.1, -0.05) is 0 Å². The van der Waals surface area contributed by atoms with Crippen LogP contribution >= 0.6 is 0 Å². The van der Waals surface area contributed by atoms with Crippen LogP contribution in [0, 0.1) is 12.3 Å². The molecule has 1 rings (SSSR count). The first-order valence-corrected chi connectivity index (χ1v) is 4.89. The maximum absolute atomic E-state index is 11.0. The number of hydrogen-bond donors (Lipinski definition) is 0. The predicted molar refractivity (Wildman–Crippen MR) is 53.3 cm³/mol. The quantitative estimate of drug-likeness (QED) is 0.611. The Balaban J connectivity index is 2.27. The Kier molecular flexibility index (Phi) is 3.98. The van der Waals surface area contributed by atoms with Crippen molar-refractivity contribution in [1.82, 2.24) is 4.90 Å². The molecule has 2 heteroatoms. The molecule has 0 spiro atoms. The van der Waals surface area contributed by atoms with E-state index < -0.39 is 0 Å². The molecular weight excluding hydrogens is 162 g/mol. The summed E-state index contributed by atoms with van der Waals surface area (Å²) in [6.07, 6.45) is 9.54. The van der Waals surface area contributed by atoms with Crippen LogP contribution in [0.5, 0.6) is 0 Å². The molecule has 0 aromatic rings. The fourth-order valence-corrected chi connectivity index (χ4v) is 1.79. The Labute approximate surface area is 80.3 Å². The first-order valence-electron chi connectivity index (χ1n) is 4.89. The second kappa shape index (κ2) is 5.04. The van der Waals surface area contributed by atoms with E-state index in [1.165, 1.54) is 0 Å². The second-order valence-electron chi connectivity index (χ2n) is 3.70. The fraction of sp³-hybridized carbons (Fsp3) is 0.727. The molecule has 0 aliphatic heterocycles. The molecule has 0 bridgehead atoms. The van der Waals surface area contributed by atoms with Gasteiger partial charge in [0.2, 0.25) is 0 Å². The first kappa shape index (κ1) is 10.3. The molecule has 1 aliphatic carbocycles. The van der Waals surface area contributed by atoms with Crippen molar-refractivity contribution in [2.24, 2.45) is 0 Å². The number of rotatable bonds is 3. The van der Waals surface area contributed by atoms with Gasteiger partial charge in [0.25, 0.3) is 0 Å². The number of hydrogen-bond acceptors (Lipinski definition) is 2. The van der Waals surface area contributed by atoms with Crippen LogP contribution in [0.25, 0.3) is 0 Å². The summed E-state index contributed by atoms with van der Waals surface area (Å²) in [5, 5.41) is 0. The molecule has 0 aromatic heterocycles. The van der Waals surface area contributed by atoms with E-state index in [4.69, 9.17) is 6.42 Å². The highest BCUT2D eigenvalue weighted by atomic mass is 16.1. The number of ketones is 1. The van der Waals surface area contributed by atoms with Crippen molar-refractivity contribution in [3.05, 3.63) is 0 Å². The van der Waals surface area contributed by atoms with Gasteiger partial charge in [-0.15, -0.1) is 12.3 Å². The monoisotopic (exact) mass is 179 g/mol. The van der Waals surface area contributed by atoms with Gasteiger partial charge in [-0.25, -0.2) is 0 Å². The number of Topliss-reactive ketones (excluding diaryl/α,β-unsaturated/α-hetero) is 1. The molecule has 0 heterocycles. The molecule has 0 aromatic carbocycles. The minimum absolute atomic E-state index is 0.418. The van der Waals surface area contributed by atoms with Crippen molar-refractivity contribution in [2.75, 3.05) is 13.6 Å². The average Bonchev–Trinajstić information content (AvgIpc) is 2.15. The van der Waals surface area contributed by atoms with Gasteiger partial charge in [0, 0.05) is 31.8 Å². The predicted octanol–water partition coefficient (Wildman–Crippen LogP) is 1.45. The van der Waals surface area contributed by atoms with Gasteiger partial charge in [0.1, 0.15) is 5.78 Å². The lowest BCUT2D eigenvalue weighted by Crippen LogP contribution is -2.35. The van der Waals surface area contributed by atoms with E-state index in [2.05, 4.69) is 17.9 Å². The molecular formula is C11H17NO. The Bertz CT molecular complexity index is 207. The van der Waals surface area contributed by atoms with Crippen LogP contribution in [-0.2, 0) is 4.79 Å². The SMILES string of the molecule is C#CCCN(C)C1CCC(=O)CC1. The maximum Gasteiger partial charge on any atom is 0.133 e. The van der Waals surface area contributed by atoms with E-state index in [9.17, 15) is 4.79 Å². The normalized spacial score (nSPS) is 19.0. The van der Waals surface area contributed by atoms with Gasteiger partial charge >= 0.3 is 0 Å². The lowest BCUT2D eigenvalue weighted by atomic mass is 9.93. The standard InChI is InChI=1S/C11H17NO/c1-3-4-9-12(2)10-5-7-11(13)8-6-10/h1,10H,4-9H2,2H3. The van der Waals surface area contributed by atoms with Crippen LogP contribution < -0.4 is 0 Å². The molecule has 0 amide bonds. The summed E-state index contributed by atoms with van der Waals surface area (Å²) in [6, 6.07) is 0.575. The van der Waals surface area contributed by atoms with Gasteiger partial charge < -0.3 is 4.90 Å². The van der Waals surface area contributed by atoms with E-state index in [0.717, 1.165) is 38.6 Å². The number of carbonyl (C=O) groups excluding carboxylic acids is 1. The second-order valence-corrected chi connectivity index (χ2v) is 3.70. The Morgan fingerprint density at radius 3 is 2.69 bits per heavy atom. The van der Waals surface area contributed by atoms with Crippen LogP contribution in [0.2, 0.25) is 0 Å². The fourth-order valence-electron chi connectivity index (χ4n) is 1.79. The van der Waals surface area contributed by atoms with E-state index in [1.807, 2.05) is 0 Å². The Morgan fingerprint density at radius 2 is 2.15 bits per heavy atom. The Morgan fingerprint density at radius 1 is 1.54 bits per heavy atom. The zero-order valence-corrected chi connectivity index (χ0v) is 8.25. The summed E-state index contributed by atoms with van der Waals surface area (Å²) < 4.78 is 0. The van der Waals surface area contributed by atoms with E-state index in [1.54, 1.807) is 0 Å². The molecule has 1 fully saturated rings. The molecule has 2 nitrogen and oxygen atoms in total. The summed E-state index contributed by atoms with van der Waals surface area (Å²) in [7, 11) is 2.10. The highest BCUT2D eigenvalue weighted by Gasteiger charge is 2.21. The van der Waals surface area contributed by atoms with Crippen molar-refractivity contribution in [3.63, 3.8) is 0 Å². The molecule has 0 unspecified atom stereocenters. The van der Waals surface area contributed by atoms with Crippen LogP contribution in [0.15, 0.2) is 0 Å². The van der Waals surface area contributed by atoms with Crippen molar-refractivity contribution >= 4 is 5.78 Å². The average molecular weight is 179 g/mol. The van der Waals surface area contributed by atoms with Crippen LogP contribution in [0.1, 0.15) is 32.1 Å². The summed E-state index contributed by atoms with van der Waals surface area (Å²) in [6.45, 7) is 0.954. The molecule has 0 atom stereocenters. The minimum atomic E-state index is 0.418. The highest BCUT2D eigenvalue weighted by Crippen LogP contribution is 2.19. The zero-order chi connectivity index (χ0) is 9.68. The third-order valence-corrected chi connectivity index (χ3v) is 2.74. The van der Waals surface area contributed by atoms with Gasteiger partial charge in [0.05, 0.1) is 0 Å². The summed E-state index contributed by atoms with van der Waals surface area (Å²) in [4.78, 5) is 13.3. The van der Waals surface area contributed by atoms with Crippen LogP contribution in [-0.4, -0.2) is 30.3 Å². The van der Waals surface area contributed by atoms with Gasteiger partial charge in [-0.3, -0.25) is 4.79 Å². The summed E-state index contributed by atoms with van der Waals surface area (Å²) >= 11 is 0. The molecule has 72 valence electrons. The summed E-state index contributed by atoms with van der Waals surface area (Å²) in [5.41, 5.74) is 0. The van der Waals surface area contributed by atoms with E-state index in [-0.39, 0.29) is 0 Å². The first-order chi connectivity index (χ1) is 6.24. The largest absolute Gasteiger partial charge is 0.302 e. The van der Waals surface area contributed by atoms with Crippen molar-refractivity contribution in [3.8, 4) is 12.3 Å². The van der Waals surface area contributed by atoms with Crippen LogP contribution in [0.3, 0.4) is 0 Å². The van der Waals surface area contributed by atoms with E-state index >= 15 is 0 Å². The molecule has 0 saturated heterocycles. The molecule has 0 N–H and O–H groups in total. The molecule has 13 heavy (non-hydrogen) atoms. The van der Waals surface area contributed by atoms with E-state index in [0.29, 0.717) is 11.8 Å². The molecule has 0 radical (unpaired) electrons. The highest BCUT2D eigenvalue weighted by molar-refractivity contribution is 5.79. The zero-order valence-electron chi connectivity index (χ0n) is 8.25. The lowest BCUT2D eigenvalue weighted by molar-refractivity contribution is -0.121. The maximum atomic E-state index is 11.0. The minimum Gasteiger partial charge on any atom is -0.302 e. The van der Waals surface area contributed by atoms with Crippen LogP contribution in [0.4, 0.5) is 0 Å². The van der Waals surface area contributed by atoms with Crippen molar-refractivity contribution in [2.45, 2.75) is 38.1 Å². The van der Waals surface area contributed by atoms with Crippen molar-refractivity contribution < 1.29 is 4.79 Å².